The van der Waals surface area contributed by atoms with Crippen LogP contribution in [0.5, 0.6) is 0 Å². The molecule has 0 atom stereocenters. The molecule has 1 saturated carbocycles. The molecule has 2 amide bonds. The zero-order valence-corrected chi connectivity index (χ0v) is 10.7. The van der Waals surface area contributed by atoms with E-state index in [9.17, 15) is 9.59 Å². The highest BCUT2D eigenvalue weighted by molar-refractivity contribution is 5.78. The molecule has 5 heteroatoms. The minimum absolute atomic E-state index is 0.0250. The fourth-order valence-corrected chi connectivity index (χ4v) is 2.19. The van der Waals surface area contributed by atoms with Gasteiger partial charge in [0, 0.05) is 18.0 Å². The van der Waals surface area contributed by atoms with E-state index >= 15 is 0 Å². The summed E-state index contributed by atoms with van der Waals surface area (Å²) in [5.74, 6) is -0.143. The molecule has 1 aliphatic rings. The molecular weight excluding hydrogens is 218 g/mol. The third-order valence-corrected chi connectivity index (χ3v) is 3.13. The molecule has 0 heterocycles. The van der Waals surface area contributed by atoms with E-state index in [1.54, 1.807) is 0 Å². The van der Waals surface area contributed by atoms with Gasteiger partial charge in [-0.15, -0.1) is 0 Å². The number of rotatable bonds is 5. The summed E-state index contributed by atoms with van der Waals surface area (Å²) in [6.45, 7) is 4.23. The van der Waals surface area contributed by atoms with E-state index in [-0.39, 0.29) is 23.8 Å². The molecule has 1 fully saturated rings. The second-order valence-corrected chi connectivity index (χ2v) is 5.05. The van der Waals surface area contributed by atoms with E-state index in [1.165, 1.54) is 0 Å². The van der Waals surface area contributed by atoms with E-state index in [4.69, 9.17) is 5.73 Å². The summed E-state index contributed by atoms with van der Waals surface area (Å²) in [5, 5.41) is 6.06. The van der Waals surface area contributed by atoms with Crippen molar-refractivity contribution >= 4 is 11.8 Å². The number of hydrogen-bond donors (Lipinski definition) is 3. The second-order valence-electron chi connectivity index (χ2n) is 5.05. The number of primary amides is 1. The molecule has 17 heavy (non-hydrogen) atoms. The summed E-state index contributed by atoms with van der Waals surface area (Å²) < 4.78 is 0. The van der Waals surface area contributed by atoms with Crippen molar-refractivity contribution in [1.29, 1.82) is 0 Å². The van der Waals surface area contributed by atoms with Crippen molar-refractivity contribution in [1.82, 2.24) is 10.6 Å². The Morgan fingerprint density at radius 3 is 2.29 bits per heavy atom. The quantitative estimate of drug-likeness (QED) is 0.640. The molecule has 0 aromatic heterocycles. The van der Waals surface area contributed by atoms with Crippen LogP contribution in [0.3, 0.4) is 0 Å². The predicted octanol–water partition coefficient (Wildman–Crippen LogP) is 0.145. The lowest BCUT2D eigenvalue weighted by atomic mass is 9.85. The highest BCUT2D eigenvalue weighted by atomic mass is 16.2. The average molecular weight is 241 g/mol. The van der Waals surface area contributed by atoms with Crippen LogP contribution >= 0.6 is 0 Å². The van der Waals surface area contributed by atoms with E-state index in [1.807, 2.05) is 13.8 Å². The average Bonchev–Trinajstić information content (AvgIpc) is 2.26. The van der Waals surface area contributed by atoms with Crippen LogP contribution in [0.4, 0.5) is 0 Å². The number of carbonyl (C=O) groups is 2. The van der Waals surface area contributed by atoms with Gasteiger partial charge in [-0.25, -0.2) is 0 Å². The third kappa shape index (κ3) is 5.17. The van der Waals surface area contributed by atoms with Gasteiger partial charge in [0.05, 0.1) is 6.54 Å². The van der Waals surface area contributed by atoms with Crippen LogP contribution in [0.25, 0.3) is 0 Å². The van der Waals surface area contributed by atoms with Crippen LogP contribution in [-0.2, 0) is 9.59 Å². The maximum Gasteiger partial charge on any atom is 0.234 e. The van der Waals surface area contributed by atoms with Crippen LogP contribution in [-0.4, -0.2) is 30.4 Å². The first-order chi connectivity index (χ1) is 7.99. The Balaban J connectivity index is 2.18. The summed E-state index contributed by atoms with van der Waals surface area (Å²) >= 11 is 0. The third-order valence-electron chi connectivity index (χ3n) is 3.13. The van der Waals surface area contributed by atoms with Crippen LogP contribution in [0, 0.1) is 5.92 Å². The Morgan fingerprint density at radius 1 is 1.24 bits per heavy atom. The largest absolute Gasteiger partial charge is 0.369 e. The van der Waals surface area contributed by atoms with Gasteiger partial charge in [0.2, 0.25) is 11.8 Å². The summed E-state index contributed by atoms with van der Waals surface area (Å²) in [5.41, 5.74) is 5.27. The molecule has 98 valence electrons. The highest BCUT2D eigenvalue weighted by Crippen LogP contribution is 2.23. The Hall–Kier alpha value is -1.10. The number of hydrogen-bond acceptors (Lipinski definition) is 3. The fraction of sp³-hybridized carbons (Fsp3) is 0.833. The predicted molar refractivity (Wildman–Crippen MR) is 66.2 cm³/mol. The molecule has 0 unspecified atom stereocenters. The molecule has 0 saturated heterocycles. The Labute approximate surface area is 103 Å². The van der Waals surface area contributed by atoms with Gasteiger partial charge in [-0.2, -0.15) is 0 Å². The second kappa shape index (κ2) is 6.59. The standard InChI is InChI=1S/C12H23N3O2/c1-8(2)15-11(16)7-14-10-5-3-9(4-6-10)12(13)17/h8-10,14H,3-7H2,1-2H3,(H2,13,17)(H,15,16). The minimum Gasteiger partial charge on any atom is -0.369 e. The van der Waals surface area contributed by atoms with Crippen molar-refractivity contribution < 1.29 is 9.59 Å². The normalized spacial score (nSPS) is 24.6. The van der Waals surface area contributed by atoms with Gasteiger partial charge >= 0.3 is 0 Å². The Bertz CT molecular complexity index is 271. The maximum absolute atomic E-state index is 11.4. The van der Waals surface area contributed by atoms with E-state index in [0.29, 0.717) is 12.6 Å². The monoisotopic (exact) mass is 241 g/mol. The number of amides is 2. The molecule has 1 aliphatic carbocycles. The molecule has 5 nitrogen and oxygen atoms in total. The molecule has 0 aromatic carbocycles. The summed E-state index contributed by atoms with van der Waals surface area (Å²) in [4.78, 5) is 22.4. The van der Waals surface area contributed by atoms with Gasteiger partial charge in [0.25, 0.3) is 0 Å². The van der Waals surface area contributed by atoms with Gasteiger partial charge < -0.3 is 16.4 Å². The number of nitrogens with two attached hydrogens (primary N) is 1. The smallest absolute Gasteiger partial charge is 0.234 e. The van der Waals surface area contributed by atoms with Crippen molar-refractivity contribution in [2.24, 2.45) is 11.7 Å². The van der Waals surface area contributed by atoms with Crippen LogP contribution in [0.2, 0.25) is 0 Å². The van der Waals surface area contributed by atoms with Gasteiger partial charge in [-0.1, -0.05) is 0 Å². The number of carbonyl (C=O) groups excluding carboxylic acids is 2. The molecule has 4 N–H and O–H groups in total. The first kappa shape index (κ1) is 14.0. The molecule has 0 radical (unpaired) electrons. The van der Waals surface area contributed by atoms with Gasteiger partial charge in [0.15, 0.2) is 0 Å². The SMILES string of the molecule is CC(C)NC(=O)CNC1CCC(C(N)=O)CC1. The van der Waals surface area contributed by atoms with Crippen LogP contribution in [0.1, 0.15) is 39.5 Å². The Kier molecular flexibility index (Phi) is 5.41. The zero-order chi connectivity index (χ0) is 12.8. The minimum atomic E-state index is -0.194. The van der Waals surface area contributed by atoms with Gasteiger partial charge in [-0.3, -0.25) is 9.59 Å². The van der Waals surface area contributed by atoms with Gasteiger partial charge in [-0.05, 0) is 39.5 Å². The van der Waals surface area contributed by atoms with E-state index in [0.717, 1.165) is 25.7 Å². The molecule has 0 aliphatic heterocycles. The summed E-state index contributed by atoms with van der Waals surface area (Å²) in [7, 11) is 0. The van der Waals surface area contributed by atoms with Gasteiger partial charge in [0.1, 0.15) is 0 Å². The Morgan fingerprint density at radius 2 is 1.82 bits per heavy atom. The lowest BCUT2D eigenvalue weighted by molar-refractivity contribution is -0.123. The van der Waals surface area contributed by atoms with Crippen LogP contribution in [0.15, 0.2) is 0 Å². The van der Waals surface area contributed by atoms with Crippen LogP contribution < -0.4 is 16.4 Å². The summed E-state index contributed by atoms with van der Waals surface area (Å²) in [6, 6.07) is 0.512. The zero-order valence-electron chi connectivity index (χ0n) is 10.7. The first-order valence-corrected chi connectivity index (χ1v) is 6.31. The first-order valence-electron chi connectivity index (χ1n) is 6.31. The van der Waals surface area contributed by atoms with E-state index < -0.39 is 0 Å². The molecule has 0 spiro atoms. The molecule has 0 bridgehead atoms. The fourth-order valence-electron chi connectivity index (χ4n) is 2.19. The highest BCUT2D eigenvalue weighted by Gasteiger charge is 2.24. The topological polar surface area (TPSA) is 84.2 Å². The molecule has 0 aromatic rings. The van der Waals surface area contributed by atoms with E-state index in [2.05, 4.69) is 10.6 Å². The molecule has 1 rings (SSSR count). The maximum atomic E-state index is 11.4. The lowest BCUT2D eigenvalue weighted by Gasteiger charge is -2.27. The van der Waals surface area contributed by atoms with Crippen molar-refractivity contribution in [2.45, 2.75) is 51.6 Å². The molecular formula is C12H23N3O2. The summed E-state index contributed by atoms with van der Waals surface area (Å²) in [6.07, 6.45) is 3.50. The van der Waals surface area contributed by atoms with Crippen molar-refractivity contribution in [3.63, 3.8) is 0 Å². The van der Waals surface area contributed by atoms with Crippen molar-refractivity contribution in [2.75, 3.05) is 6.54 Å². The lowest BCUT2D eigenvalue weighted by Crippen LogP contribution is -2.43. The van der Waals surface area contributed by atoms with Crippen molar-refractivity contribution in [3.8, 4) is 0 Å². The van der Waals surface area contributed by atoms with Crippen molar-refractivity contribution in [3.05, 3.63) is 0 Å². The number of nitrogens with one attached hydrogen (secondary N) is 2.